The van der Waals surface area contributed by atoms with E-state index in [1.165, 1.54) is 0 Å². The average molecular weight is 362 g/mol. The number of amides is 1. The Balaban J connectivity index is 1.78. The Kier molecular flexibility index (Phi) is 4.62. The van der Waals surface area contributed by atoms with Gasteiger partial charge in [0.25, 0.3) is 0 Å². The molecule has 0 bridgehead atoms. The van der Waals surface area contributed by atoms with E-state index >= 15 is 0 Å². The predicted molar refractivity (Wildman–Crippen MR) is 90.4 cm³/mol. The summed E-state index contributed by atoms with van der Waals surface area (Å²) in [5, 5.41) is 7.44. The number of carbonyl (C=O) groups excluding carboxylic acids is 1. The topological polar surface area (TPSA) is 46.9 Å². The Labute approximate surface area is 139 Å². The highest BCUT2D eigenvalue weighted by Gasteiger charge is 2.31. The molecule has 2 aromatic rings. The fourth-order valence-corrected chi connectivity index (χ4v) is 3.46. The molecule has 2 atom stereocenters. The lowest BCUT2D eigenvalue weighted by molar-refractivity contribution is -0.124. The van der Waals surface area contributed by atoms with Gasteiger partial charge in [-0.1, -0.05) is 28.1 Å². The van der Waals surface area contributed by atoms with Crippen molar-refractivity contribution in [1.82, 2.24) is 15.1 Å². The summed E-state index contributed by atoms with van der Waals surface area (Å²) in [6, 6.07) is 10.6. The number of benzene rings is 1. The monoisotopic (exact) mass is 361 g/mol. The SMILES string of the molecule is CCNC(=O)[C@H]1CC[C@@H](n2nccc2-c2ccc(Br)cc2)C1. The Hall–Kier alpha value is -1.62. The third-order valence-electron chi connectivity index (χ3n) is 4.28. The van der Waals surface area contributed by atoms with Gasteiger partial charge >= 0.3 is 0 Å². The lowest BCUT2D eigenvalue weighted by Gasteiger charge is -2.15. The van der Waals surface area contributed by atoms with E-state index in [-0.39, 0.29) is 11.8 Å². The van der Waals surface area contributed by atoms with Gasteiger partial charge in [-0.3, -0.25) is 9.48 Å². The second-order valence-electron chi connectivity index (χ2n) is 5.73. The second kappa shape index (κ2) is 6.65. The van der Waals surface area contributed by atoms with Crippen molar-refractivity contribution in [1.29, 1.82) is 0 Å². The fraction of sp³-hybridized carbons (Fsp3) is 0.412. The lowest BCUT2D eigenvalue weighted by Crippen LogP contribution is -2.29. The van der Waals surface area contributed by atoms with Crippen LogP contribution in [0, 0.1) is 5.92 Å². The molecular weight excluding hydrogens is 342 g/mol. The molecule has 0 radical (unpaired) electrons. The van der Waals surface area contributed by atoms with Crippen molar-refractivity contribution in [3.8, 4) is 11.3 Å². The molecule has 3 rings (SSSR count). The van der Waals surface area contributed by atoms with Gasteiger partial charge in [-0.15, -0.1) is 0 Å². The Morgan fingerprint density at radius 2 is 2.09 bits per heavy atom. The van der Waals surface area contributed by atoms with Gasteiger partial charge in [0.15, 0.2) is 0 Å². The summed E-state index contributed by atoms with van der Waals surface area (Å²) in [7, 11) is 0. The standard InChI is InChI=1S/C17H20BrN3O/c1-2-19-17(22)13-5-8-15(11-13)21-16(9-10-20-21)12-3-6-14(18)7-4-12/h3-4,6-7,9-10,13,15H,2,5,8,11H2,1H3,(H,19,22)/t13-,15+/m0/s1. The first-order valence-electron chi connectivity index (χ1n) is 7.76. The summed E-state index contributed by atoms with van der Waals surface area (Å²) >= 11 is 3.47. The first kappa shape index (κ1) is 15.3. The van der Waals surface area contributed by atoms with Gasteiger partial charge in [-0.2, -0.15) is 5.10 Å². The maximum absolute atomic E-state index is 12.0. The van der Waals surface area contributed by atoms with Crippen LogP contribution in [0.3, 0.4) is 0 Å². The molecule has 116 valence electrons. The molecule has 1 aromatic heterocycles. The van der Waals surface area contributed by atoms with Gasteiger partial charge in [0, 0.05) is 23.1 Å². The van der Waals surface area contributed by atoms with Crippen molar-refractivity contribution >= 4 is 21.8 Å². The van der Waals surface area contributed by atoms with Crippen LogP contribution in [-0.4, -0.2) is 22.2 Å². The zero-order chi connectivity index (χ0) is 15.5. The number of halogens is 1. The molecule has 1 heterocycles. The summed E-state index contributed by atoms with van der Waals surface area (Å²) in [5.74, 6) is 0.300. The minimum absolute atomic E-state index is 0.118. The van der Waals surface area contributed by atoms with E-state index in [0.29, 0.717) is 12.6 Å². The molecule has 22 heavy (non-hydrogen) atoms. The van der Waals surface area contributed by atoms with E-state index in [9.17, 15) is 4.79 Å². The Bertz CT molecular complexity index is 650. The van der Waals surface area contributed by atoms with Crippen LogP contribution in [0.25, 0.3) is 11.3 Å². The maximum Gasteiger partial charge on any atom is 0.223 e. The Morgan fingerprint density at radius 3 is 2.82 bits per heavy atom. The van der Waals surface area contributed by atoms with Crippen LogP contribution in [0.15, 0.2) is 41.0 Å². The number of aromatic nitrogens is 2. The van der Waals surface area contributed by atoms with Crippen molar-refractivity contribution in [2.24, 2.45) is 5.92 Å². The van der Waals surface area contributed by atoms with E-state index in [1.54, 1.807) is 0 Å². The largest absolute Gasteiger partial charge is 0.356 e. The van der Waals surface area contributed by atoms with Gasteiger partial charge < -0.3 is 5.32 Å². The molecule has 0 aliphatic heterocycles. The molecule has 1 aromatic carbocycles. The molecule has 5 heteroatoms. The van der Waals surface area contributed by atoms with Gasteiger partial charge in [0.2, 0.25) is 5.91 Å². The zero-order valence-corrected chi connectivity index (χ0v) is 14.2. The molecule has 1 N–H and O–H groups in total. The van der Waals surface area contributed by atoms with Gasteiger partial charge in [-0.05, 0) is 49.9 Å². The van der Waals surface area contributed by atoms with Crippen molar-refractivity contribution in [2.75, 3.05) is 6.54 Å². The minimum Gasteiger partial charge on any atom is -0.356 e. The van der Waals surface area contributed by atoms with Crippen LogP contribution < -0.4 is 5.32 Å². The second-order valence-corrected chi connectivity index (χ2v) is 6.64. The maximum atomic E-state index is 12.0. The van der Waals surface area contributed by atoms with Crippen LogP contribution in [0.2, 0.25) is 0 Å². The van der Waals surface area contributed by atoms with E-state index in [4.69, 9.17) is 0 Å². The van der Waals surface area contributed by atoms with E-state index < -0.39 is 0 Å². The van der Waals surface area contributed by atoms with E-state index in [1.807, 2.05) is 31.3 Å². The molecular formula is C17H20BrN3O. The molecule has 0 spiro atoms. The number of carbonyl (C=O) groups is 1. The molecule has 1 saturated carbocycles. The number of hydrogen-bond donors (Lipinski definition) is 1. The summed E-state index contributed by atoms with van der Waals surface area (Å²) in [6.45, 7) is 2.66. The Morgan fingerprint density at radius 1 is 1.32 bits per heavy atom. The highest BCUT2D eigenvalue weighted by atomic mass is 79.9. The fourth-order valence-electron chi connectivity index (χ4n) is 3.19. The van der Waals surface area contributed by atoms with E-state index in [2.05, 4.69) is 43.2 Å². The quantitative estimate of drug-likeness (QED) is 0.900. The third kappa shape index (κ3) is 3.09. The summed E-state index contributed by atoms with van der Waals surface area (Å²) in [4.78, 5) is 12.0. The van der Waals surface area contributed by atoms with Crippen molar-refractivity contribution in [3.05, 3.63) is 41.0 Å². The highest BCUT2D eigenvalue weighted by molar-refractivity contribution is 9.10. The van der Waals surface area contributed by atoms with Gasteiger partial charge in [0.05, 0.1) is 11.7 Å². The van der Waals surface area contributed by atoms with Crippen LogP contribution >= 0.6 is 15.9 Å². The molecule has 4 nitrogen and oxygen atoms in total. The number of hydrogen-bond acceptors (Lipinski definition) is 2. The van der Waals surface area contributed by atoms with Gasteiger partial charge in [0.1, 0.15) is 0 Å². The first-order chi connectivity index (χ1) is 10.7. The zero-order valence-electron chi connectivity index (χ0n) is 12.6. The third-order valence-corrected chi connectivity index (χ3v) is 4.81. The summed E-state index contributed by atoms with van der Waals surface area (Å²) in [5.41, 5.74) is 2.27. The average Bonchev–Trinajstić information content (AvgIpc) is 3.17. The van der Waals surface area contributed by atoms with Crippen LogP contribution in [0.1, 0.15) is 32.2 Å². The highest BCUT2D eigenvalue weighted by Crippen LogP contribution is 2.37. The van der Waals surface area contributed by atoms with Crippen LogP contribution in [0.5, 0.6) is 0 Å². The molecule has 1 aliphatic carbocycles. The molecule has 1 aliphatic rings. The van der Waals surface area contributed by atoms with Gasteiger partial charge in [-0.25, -0.2) is 0 Å². The molecule has 0 saturated heterocycles. The smallest absolute Gasteiger partial charge is 0.223 e. The predicted octanol–water partition coefficient (Wildman–Crippen LogP) is 3.79. The lowest BCUT2D eigenvalue weighted by atomic mass is 10.1. The first-order valence-corrected chi connectivity index (χ1v) is 8.55. The van der Waals surface area contributed by atoms with Crippen LogP contribution in [0.4, 0.5) is 0 Å². The minimum atomic E-state index is 0.118. The van der Waals surface area contributed by atoms with Crippen molar-refractivity contribution in [3.63, 3.8) is 0 Å². The summed E-state index contributed by atoms with van der Waals surface area (Å²) in [6.07, 6.45) is 4.66. The van der Waals surface area contributed by atoms with Crippen molar-refractivity contribution < 1.29 is 4.79 Å². The van der Waals surface area contributed by atoms with Crippen molar-refractivity contribution in [2.45, 2.75) is 32.2 Å². The number of nitrogens with one attached hydrogen (secondary N) is 1. The van der Waals surface area contributed by atoms with E-state index in [0.717, 1.165) is 35.0 Å². The number of rotatable bonds is 4. The summed E-state index contributed by atoms with van der Waals surface area (Å²) < 4.78 is 3.15. The molecule has 0 unspecified atom stereocenters. The normalized spacial score (nSPS) is 21.0. The molecule has 1 amide bonds. The molecule has 1 fully saturated rings. The van der Waals surface area contributed by atoms with Crippen LogP contribution in [-0.2, 0) is 4.79 Å². The number of nitrogens with zero attached hydrogens (tertiary/aromatic N) is 2.